The van der Waals surface area contributed by atoms with E-state index >= 15 is 0 Å². The fourth-order valence-corrected chi connectivity index (χ4v) is 4.25. The predicted molar refractivity (Wildman–Crippen MR) is 107 cm³/mol. The van der Waals surface area contributed by atoms with Crippen LogP contribution in [0.5, 0.6) is 0 Å². The zero-order valence-corrected chi connectivity index (χ0v) is 16.3. The highest BCUT2D eigenvalue weighted by atomic mass is 16.5. The summed E-state index contributed by atoms with van der Waals surface area (Å²) in [6.45, 7) is 3.38. The van der Waals surface area contributed by atoms with Crippen LogP contribution in [-0.2, 0) is 4.74 Å². The van der Waals surface area contributed by atoms with Crippen LogP contribution in [0.2, 0.25) is 0 Å². The van der Waals surface area contributed by atoms with Crippen molar-refractivity contribution in [1.82, 2.24) is 25.4 Å². The minimum atomic E-state index is -0.317. The van der Waals surface area contributed by atoms with Crippen LogP contribution in [0.3, 0.4) is 0 Å². The van der Waals surface area contributed by atoms with Crippen LogP contribution in [-0.4, -0.2) is 52.9 Å². The number of aromatic nitrogens is 3. The molecule has 0 spiro atoms. The van der Waals surface area contributed by atoms with E-state index in [4.69, 9.17) is 4.74 Å². The number of hydrogen-bond acceptors (Lipinski definition) is 4. The van der Waals surface area contributed by atoms with Crippen molar-refractivity contribution < 1.29 is 14.3 Å². The molecule has 1 aromatic carbocycles. The molecule has 1 unspecified atom stereocenters. The molecule has 3 N–H and O–H groups in total. The zero-order valence-electron chi connectivity index (χ0n) is 16.3. The van der Waals surface area contributed by atoms with Crippen molar-refractivity contribution in [3.05, 3.63) is 53.5 Å². The average Bonchev–Trinajstić information content (AvgIpc) is 3.26. The van der Waals surface area contributed by atoms with Gasteiger partial charge in [-0.3, -0.25) is 14.3 Å². The summed E-state index contributed by atoms with van der Waals surface area (Å²) in [5.74, 6) is 0.286. The van der Waals surface area contributed by atoms with E-state index in [1.54, 1.807) is 17.8 Å². The van der Waals surface area contributed by atoms with E-state index in [2.05, 4.69) is 26.8 Å². The van der Waals surface area contributed by atoms with Gasteiger partial charge in [0.2, 0.25) is 0 Å². The molecule has 3 heterocycles. The molecule has 1 saturated heterocycles. The van der Waals surface area contributed by atoms with Crippen molar-refractivity contribution in [3.63, 3.8) is 0 Å². The maximum absolute atomic E-state index is 13.0. The first-order valence-corrected chi connectivity index (χ1v) is 9.84. The first-order chi connectivity index (χ1) is 14.1. The van der Waals surface area contributed by atoms with Crippen molar-refractivity contribution >= 4 is 22.7 Å². The quantitative estimate of drug-likeness (QED) is 0.614. The van der Waals surface area contributed by atoms with Gasteiger partial charge in [0, 0.05) is 42.7 Å². The summed E-state index contributed by atoms with van der Waals surface area (Å²) in [5.41, 5.74) is 2.67. The summed E-state index contributed by atoms with van der Waals surface area (Å²) < 4.78 is 7.04. The maximum atomic E-state index is 13.0. The highest BCUT2D eigenvalue weighted by Gasteiger charge is 2.55. The Kier molecular flexibility index (Phi) is 4.16. The van der Waals surface area contributed by atoms with Crippen LogP contribution in [0, 0.1) is 11.8 Å². The SMILES string of the molecule is CNC(=O)c1cc(C(=O)NC2[C@H]3COC[C@@H]23)n([C@H](C)c2ccc3[nH]ccc3c2)n1. The summed E-state index contributed by atoms with van der Waals surface area (Å²) in [6.07, 6.45) is 1.89. The summed E-state index contributed by atoms with van der Waals surface area (Å²) in [7, 11) is 1.55. The van der Waals surface area contributed by atoms with Gasteiger partial charge in [0.15, 0.2) is 5.69 Å². The molecular weight excluding hydrogens is 370 g/mol. The third-order valence-electron chi connectivity index (χ3n) is 6.10. The lowest BCUT2D eigenvalue weighted by molar-refractivity contribution is 0.0915. The molecule has 5 rings (SSSR count). The second-order valence-corrected chi connectivity index (χ2v) is 7.80. The molecular formula is C21H23N5O3. The number of aromatic amines is 1. The van der Waals surface area contributed by atoms with Gasteiger partial charge in [-0.05, 0) is 36.1 Å². The second-order valence-electron chi connectivity index (χ2n) is 7.80. The molecule has 1 saturated carbocycles. The Bertz CT molecular complexity index is 1090. The highest BCUT2D eigenvalue weighted by molar-refractivity contribution is 5.98. The smallest absolute Gasteiger partial charge is 0.271 e. The zero-order chi connectivity index (χ0) is 20.1. The van der Waals surface area contributed by atoms with Gasteiger partial charge in [-0.15, -0.1) is 0 Å². The average molecular weight is 393 g/mol. The Balaban J connectivity index is 1.47. The van der Waals surface area contributed by atoms with Crippen molar-refractivity contribution in [2.45, 2.75) is 19.0 Å². The summed E-state index contributed by atoms with van der Waals surface area (Å²) >= 11 is 0. The Morgan fingerprint density at radius 1 is 1.21 bits per heavy atom. The molecule has 2 fully saturated rings. The molecule has 0 bridgehead atoms. The fraction of sp³-hybridized carbons (Fsp3) is 0.381. The lowest BCUT2D eigenvalue weighted by Gasteiger charge is -2.16. The van der Waals surface area contributed by atoms with Crippen molar-refractivity contribution in [3.8, 4) is 0 Å². The third kappa shape index (κ3) is 3.00. The molecule has 3 aromatic rings. The lowest BCUT2D eigenvalue weighted by atomic mass is 10.1. The molecule has 1 aliphatic heterocycles. The number of H-pyrrole nitrogens is 1. The first-order valence-electron chi connectivity index (χ1n) is 9.84. The van der Waals surface area contributed by atoms with Crippen LogP contribution in [0.4, 0.5) is 0 Å². The Labute approximate surface area is 167 Å². The van der Waals surface area contributed by atoms with E-state index in [1.165, 1.54) is 0 Å². The second kappa shape index (κ2) is 6.73. The molecule has 8 heteroatoms. The van der Waals surface area contributed by atoms with Gasteiger partial charge in [-0.25, -0.2) is 0 Å². The van der Waals surface area contributed by atoms with Gasteiger partial charge in [0.25, 0.3) is 11.8 Å². The number of fused-ring (bicyclic) bond motifs is 2. The largest absolute Gasteiger partial charge is 0.381 e. The van der Waals surface area contributed by atoms with E-state index in [9.17, 15) is 9.59 Å². The minimum absolute atomic E-state index is 0.148. The van der Waals surface area contributed by atoms with Crippen molar-refractivity contribution in [2.24, 2.45) is 11.8 Å². The van der Waals surface area contributed by atoms with Crippen LogP contribution >= 0.6 is 0 Å². The third-order valence-corrected chi connectivity index (χ3v) is 6.10. The van der Waals surface area contributed by atoms with E-state index in [0.717, 1.165) is 16.5 Å². The van der Waals surface area contributed by atoms with Gasteiger partial charge in [0.05, 0.1) is 19.3 Å². The Morgan fingerprint density at radius 2 is 2.00 bits per heavy atom. The van der Waals surface area contributed by atoms with Crippen LogP contribution in [0.25, 0.3) is 10.9 Å². The van der Waals surface area contributed by atoms with Gasteiger partial charge in [0.1, 0.15) is 5.69 Å². The molecule has 2 amide bonds. The molecule has 2 aliphatic rings. The molecule has 150 valence electrons. The number of nitrogens with one attached hydrogen (secondary N) is 3. The fourth-order valence-electron chi connectivity index (χ4n) is 4.25. The number of carbonyl (C=O) groups excluding carboxylic acids is 2. The summed E-state index contributed by atoms with van der Waals surface area (Å²) in [6, 6.07) is 9.59. The van der Waals surface area contributed by atoms with E-state index < -0.39 is 0 Å². The molecule has 2 aromatic heterocycles. The van der Waals surface area contributed by atoms with Crippen LogP contribution in [0.1, 0.15) is 39.5 Å². The molecule has 29 heavy (non-hydrogen) atoms. The standard InChI is InChI=1S/C21H23N5O3/c1-11(12-3-4-16-13(7-12)5-6-23-16)26-18(8-17(25-26)20(27)22-2)21(28)24-19-14-9-29-10-15(14)19/h3-8,11,14-15,19,23H,9-10H2,1-2H3,(H,22,27)(H,24,28)/t11-,14-,15+,19?/m1/s1. The van der Waals surface area contributed by atoms with Crippen molar-refractivity contribution in [1.29, 1.82) is 0 Å². The number of carbonyl (C=O) groups is 2. The Hall–Kier alpha value is -3.13. The number of nitrogens with zero attached hydrogens (tertiary/aromatic N) is 2. The molecule has 0 radical (unpaired) electrons. The molecule has 4 atom stereocenters. The number of rotatable bonds is 5. The van der Waals surface area contributed by atoms with E-state index in [0.29, 0.717) is 30.7 Å². The Morgan fingerprint density at radius 3 is 2.76 bits per heavy atom. The first kappa shape index (κ1) is 17.9. The van der Waals surface area contributed by atoms with E-state index in [1.807, 2.05) is 31.3 Å². The topological polar surface area (TPSA) is 101 Å². The number of amides is 2. The number of benzene rings is 1. The normalized spacial score (nSPS) is 23.6. The van der Waals surface area contributed by atoms with Crippen LogP contribution in [0.15, 0.2) is 36.5 Å². The van der Waals surface area contributed by atoms with Gasteiger partial charge >= 0.3 is 0 Å². The maximum Gasteiger partial charge on any atom is 0.271 e. The molecule has 8 nitrogen and oxygen atoms in total. The monoisotopic (exact) mass is 393 g/mol. The molecule has 1 aliphatic carbocycles. The summed E-state index contributed by atoms with van der Waals surface area (Å²) in [4.78, 5) is 28.4. The minimum Gasteiger partial charge on any atom is -0.381 e. The lowest BCUT2D eigenvalue weighted by Crippen LogP contribution is -2.32. The van der Waals surface area contributed by atoms with Gasteiger partial charge < -0.3 is 20.4 Å². The predicted octanol–water partition coefficient (Wildman–Crippen LogP) is 1.71. The number of hydrogen-bond donors (Lipinski definition) is 3. The van der Waals surface area contributed by atoms with E-state index in [-0.39, 0.29) is 29.6 Å². The highest BCUT2D eigenvalue weighted by Crippen LogP contribution is 2.44. The number of ether oxygens (including phenoxy) is 1. The van der Waals surface area contributed by atoms with Gasteiger partial charge in [-0.1, -0.05) is 6.07 Å². The van der Waals surface area contributed by atoms with Gasteiger partial charge in [-0.2, -0.15) is 5.10 Å². The van der Waals surface area contributed by atoms with Crippen molar-refractivity contribution in [2.75, 3.05) is 20.3 Å². The summed E-state index contributed by atoms with van der Waals surface area (Å²) in [5, 5.41) is 11.2. The van der Waals surface area contributed by atoms with Crippen LogP contribution < -0.4 is 10.6 Å².